The molecule has 0 unspecified atom stereocenters. The van der Waals surface area contributed by atoms with Gasteiger partial charge < -0.3 is 20.3 Å². The fraction of sp³-hybridized carbons (Fsp3) is 0.346. The zero-order chi connectivity index (χ0) is 24.8. The highest BCUT2D eigenvalue weighted by atomic mass is 19.3. The van der Waals surface area contributed by atoms with Crippen LogP contribution in [0.5, 0.6) is 5.75 Å². The molecule has 0 amide bonds. The number of hydrogen-bond acceptors (Lipinski definition) is 7. The van der Waals surface area contributed by atoms with Crippen LogP contribution in [0.1, 0.15) is 37.2 Å². The fourth-order valence-corrected chi connectivity index (χ4v) is 4.35. The Kier molecular flexibility index (Phi) is 7.99. The van der Waals surface area contributed by atoms with E-state index in [0.29, 0.717) is 22.8 Å². The number of carbonyl (C=O) groups excluding carboxylic acids is 1. The van der Waals surface area contributed by atoms with Gasteiger partial charge in [-0.3, -0.25) is 4.79 Å². The summed E-state index contributed by atoms with van der Waals surface area (Å²) in [7, 11) is 0. The summed E-state index contributed by atoms with van der Waals surface area (Å²) in [6, 6.07) is 13.3. The molecule has 0 saturated heterocycles. The van der Waals surface area contributed by atoms with E-state index in [0.717, 1.165) is 24.8 Å². The van der Waals surface area contributed by atoms with Gasteiger partial charge in [-0.15, -0.1) is 0 Å². The third kappa shape index (κ3) is 6.37. The van der Waals surface area contributed by atoms with Gasteiger partial charge >= 0.3 is 6.61 Å². The Balaban J connectivity index is 1.36. The van der Waals surface area contributed by atoms with Gasteiger partial charge in [0.1, 0.15) is 11.5 Å². The van der Waals surface area contributed by atoms with Gasteiger partial charge in [-0.1, -0.05) is 30.7 Å². The van der Waals surface area contributed by atoms with Crippen molar-refractivity contribution in [2.24, 2.45) is 5.92 Å². The molecule has 1 fully saturated rings. The number of ether oxygens (including phenoxy) is 1. The molecule has 0 aliphatic heterocycles. The molecule has 4 rings (SSSR count). The van der Waals surface area contributed by atoms with Crippen molar-refractivity contribution in [3.8, 4) is 16.9 Å². The summed E-state index contributed by atoms with van der Waals surface area (Å²) in [5.74, 6) is -0.268. The Morgan fingerprint density at radius 1 is 1.03 bits per heavy atom. The number of halogens is 2. The Bertz CT molecular complexity index is 1110. The molecule has 3 N–H and O–H groups in total. The van der Waals surface area contributed by atoms with Crippen molar-refractivity contribution in [1.29, 1.82) is 0 Å². The van der Waals surface area contributed by atoms with Crippen LogP contribution in [-0.2, 0) is 4.79 Å². The van der Waals surface area contributed by atoms with Gasteiger partial charge in [0.05, 0.1) is 18.6 Å². The smallest absolute Gasteiger partial charge is 0.387 e. The van der Waals surface area contributed by atoms with E-state index in [-0.39, 0.29) is 30.5 Å². The van der Waals surface area contributed by atoms with E-state index in [9.17, 15) is 23.8 Å². The molecule has 1 aliphatic rings. The predicted molar refractivity (Wildman–Crippen MR) is 127 cm³/mol. The van der Waals surface area contributed by atoms with Crippen LogP contribution in [0, 0.1) is 5.92 Å². The van der Waals surface area contributed by atoms with Gasteiger partial charge in [0.2, 0.25) is 5.95 Å². The van der Waals surface area contributed by atoms with E-state index in [2.05, 4.69) is 20.0 Å². The number of Topliss-reactive ketones (excluding diaryl/α,β-unsaturated/α-hetero) is 1. The summed E-state index contributed by atoms with van der Waals surface area (Å²) in [4.78, 5) is 21.3. The molecule has 2 aromatic carbocycles. The van der Waals surface area contributed by atoms with E-state index < -0.39 is 18.6 Å². The van der Waals surface area contributed by atoms with Gasteiger partial charge in [0, 0.05) is 30.1 Å². The first-order valence-corrected chi connectivity index (χ1v) is 11.5. The number of nitrogens with zero attached hydrogens (tertiary/aromatic N) is 2. The molecular formula is C26H27F2N3O4. The third-order valence-electron chi connectivity index (χ3n) is 6.29. The van der Waals surface area contributed by atoms with Crippen LogP contribution in [0.3, 0.4) is 0 Å². The summed E-state index contributed by atoms with van der Waals surface area (Å²) in [6.07, 6.45) is 5.56. The lowest BCUT2D eigenvalue weighted by Crippen LogP contribution is -2.23. The highest BCUT2D eigenvalue weighted by Gasteiger charge is 2.30. The Hall–Kier alpha value is -3.43. The first-order valence-electron chi connectivity index (χ1n) is 11.5. The minimum atomic E-state index is -2.87. The van der Waals surface area contributed by atoms with Gasteiger partial charge in [0.25, 0.3) is 0 Å². The van der Waals surface area contributed by atoms with Crippen molar-refractivity contribution in [3.63, 3.8) is 0 Å². The minimum Gasteiger partial charge on any atom is -0.435 e. The maximum Gasteiger partial charge on any atom is 0.387 e. The number of aromatic nitrogens is 2. The summed E-state index contributed by atoms with van der Waals surface area (Å²) in [6.45, 7) is -3.15. The predicted octanol–water partition coefficient (Wildman–Crippen LogP) is 4.68. The molecule has 0 spiro atoms. The molecule has 7 nitrogen and oxygen atoms in total. The number of anilines is 2. The molecule has 0 bridgehead atoms. The second-order valence-electron chi connectivity index (χ2n) is 8.61. The number of alkyl halides is 2. The topological polar surface area (TPSA) is 105 Å². The second-order valence-corrected chi connectivity index (χ2v) is 8.61. The lowest BCUT2D eigenvalue weighted by molar-refractivity contribution is -0.123. The molecule has 1 saturated carbocycles. The van der Waals surface area contributed by atoms with Crippen LogP contribution in [0.25, 0.3) is 11.1 Å². The quantitative estimate of drug-likeness (QED) is 0.384. The largest absolute Gasteiger partial charge is 0.435 e. The number of nitrogens with one attached hydrogen (secondary N) is 1. The fourth-order valence-electron chi connectivity index (χ4n) is 4.35. The van der Waals surface area contributed by atoms with Crippen molar-refractivity contribution in [2.75, 3.05) is 11.9 Å². The SMILES string of the molecule is O=C(C[C@@H]1CCC[C@H]1O)[C@@H](CO)c1ccc(Nc2ncc(-c3ccc(OC(F)F)cc3)cn2)cc1. The first-order chi connectivity index (χ1) is 16.9. The summed E-state index contributed by atoms with van der Waals surface area (Å²) >= 11 is 0. The van der Waals surface area contributed by atoms with E-state index in [1.165, 1.54) is 12.1 Å². The number of benzene rings is 2. The molecule has 1 aromatic heterocycles. The van der Waals surface area contributed by atoms with Gasteiger partial charge in [0.15, 0.2) is 0 Å². The molecular weight excluding hydrogens is 456 g/mol. The first kappa shape index (κ1) is 24.7. The van der Waals surface area contributed by atoms with Gasteiger partial charge in [-0.25, -0.2) is 9.97 Å². The Labute approximate surface area is 201 Å². The maximum atomic E-state index is 12.7. The summed E-state index contributed by atoms with van der Waals surface area (Å²) in [5, 5.41) is 22.9. The zero-order valence-corrected chi connectivity index (χ0v) is 19.0. The molecule has 1 heterocycles. The second kappa shape index (κ2) is 11.3. The van der Waals surface area contributed by atoms with Crippen LogP contribution >= 0.6 is 0 Å². The number of hydrogen-bond donors (Lipinski definition) is 3. The number of carbonyl (C=O) groups is 1. The van der Waals surface area contributed by atoms with E-state index >= 15 is 0 Å². The average Bonchev–Trinajstić information content (AvgIpc) is 3.25. The van der Waals surface area contributed by atoms with Crippen molar-refractivity contribution >= 4 is 17.4 Å². The maximum absolute atomic E-state index is 12.7. The standard InChI is InChI=1S/C26H27F2N3O4/c27-25(28)35-21-10-6-16(7-11-21)19-13-29-26(30-14-19)31-20-8-4-17(5-9-20)22(15-32)24(34)12-18-2-1-3-23(18)33/h4-11,13-14,18,22-23,25,32-33H,1-3,12,15H2,(H,29,30,31)/t18-,22-,23+/m0/s1. The Morgan fingerprint density at radius 3 is 2.29 bits per heavy atom. The molecule has 3 aromatic rings. The normalized spacial score (nSPS) is 18.4. The van der Waals surface area contributed by atoms with Crippen LogP contribution in [-0.4, -0.2) is 45.3 Å². The number of ketones is 1. The van der Waals surface area contributed by atoms with Crippen molar-refractivity contribution in [2.45, 2.75) is 44.3 Å². The van der Waals surface area contributed by atoms with Crippen LogP contribution < -0.4 is 10.1 Å². The molecule has 0 radical (unpaired) electrons. The van der Waals surface area contributed by atoms with E-state index in [4.69, 9.17) is 0 Å². The number of aliphatic hydroxyl groups is 2. The van der Waals surface area contributed by atoms with Crippen molar-refractivity contribution in [3.05, 3.63) is 66.5 Å². The highest BCUT2D eigenvalue weighted by molar-refractivity contribution is 5.86. The monoisotopic (exact) mass is 483 g/mol. The zero-order valence-electron chi connectivity index (χ0n) is 19.0. The van der Waals surface area contributed by atoms with Crippen LogP contribution in [0.15, 0.2) is 60.9 Å². The Morgan fingerprint density at radius 2 is 1.71 bits per heavy atom. The van der Waals surface area contributed by atoms with Crippen LogP contribution in [0.2, 0.25) is 0 Å². The van der Waals surface area contributed by atoms with E-state index in [1.54, 1.807) is 48.8 Å². The number of aliphatic hydroxyl groups excluding tert-OH is 2. The minimum absolute atomic E-state index is 0.0264. The lowest BCUT2D eigenvalue weighted by atomic mass is 9.88. The molecule has 35 heavy (non-hydrogen) atoms. The van der Waals surface area contributed by atoms with Crippen molar-refractivity contribution < 1.29 is 28.5 Å². The third-order valence-corrected chi connectivity index (χ3v) is 6.29. The highest BCUT2D eigenvalue weighted by Crippen LogP contribution is 2.31. The summed E-state index contributed by atoms with van der Waals surface area (Å²) < 4.78 is 28.9. The molecule has 9 heteroatoms. The van der Waals surface area contributed by atoms with Crippen LogP contribution in [0.4, 0.5) is 20.4 Å². The lowest BCUT2D eigenvalue weighted by Gasteiger charge is -2.18. The van der Waals surface area contributed by atoms with Gasteiger partial charge in [-0.05, 0) is 54.2 Å². The average molecular weight is 484 g/mol. The van der Waals surface area contributed by atoms with Gasteiger partial charge in [-0.2, -0.15) is 8.78 Å². The van der Waals surface area contributed by atoms with E-state index in [1.807, 2.05) is 0 Å². The number of rotatable bonds is 10. The van der Waals surface area contributed by atoms with Crippen molar-refractivity contribution in [1.82, 2.24) is 9.97 Å². The molecule has 184 valence electrons. The molecule has 1 aliphatic carbocycles. The molecule has 3 atom stereocenters. The summed E-state index contributed by atoms with van der Waals surface area (Å²) in [5.41, 5.74) is 2.90.